The molecule has 2 aromatic rings. The molecule has 0 saturated carbocycles. The summed E-state index contributed by atoms with van der Waals surface area (Å²) in [6.45, 7) is 5.57. The summed E-state index contributed by atoms with van der Waals surface area (Å²) in [4.78, 5) is 6.59. The number of anilines is 2. The van der Waals surface area contributed by atoms with Crippen LogP contribution in [0.25, 0.3) is 0 Å². The van der Waals surface area contributed by atoms with E-state index in [1.165, 1.54) is 11.1 Å². The molecule has 0 aliphatic heterocycles. The average Bonchev–Trinajstić information content (AvgIpc) is 2.48. The molecule has 0 aliphatic rings. The van der Waals surface area contributed by atoms with Crippen molar-refractivity contribution < 1.29 is 4.74 Å². The first-order valence-electron chi connectivity index (χ1n) is 7.26. The van der Waals surface area contributed by atoms with Crippen LogP contribution in [0.4, 0.5) is 11.5 Å². The van der Waals surface area contributed by atoms with Crippen LogP contribution in [0.1, 0.15) is 24.5 Å². The van der Waals surface area contributed by atoms with Crippen LogP contribution in [0.5, 0.6) is 5.88 Å². The number of benzene rings is 1. The Bertz CT molecular complexity index is 581. The van der Waals surface area contributed by atoms with Crippen molar-refractivity contribution in [3.8, 4) is 5.88 Å². The molecule has 0 bridgehead atoms. The van der Waals surface area contributed by atoms with Crippen LogP contribution in [0.15, 0.2) is 36.4 Å². The molecule has 1 aromatic carbocycles. The molecular weight excluding hydrogens is 262 g/mol. The minimum absolute atomic E-state index is 0.519. The molecule has 0 aliphatic carbocycles. The van der Waals surface area contributed by atoms with E-state index in [1.54, 1.807) is 0 Å². The molecular formula is C17H23N3O. The Morgan fingerprint density at radius 3 is 2.52 bits per heavy atom. The lowest BCUT2D eigenvalue weighted by Gasteiger charge is -2.19. The van der Waals surface area contributed by atoms with E-state index in [1.807, 2.05) is 19.2 Å². The summed E-state index contributed by atoms with van der Waals surface area (Å²) < 4.78 is 5.58. The minimum atomic E-state index is 0.519. The Balaban J connectivity index is 2.11. The number of hydrogen-bond acceptors (Lipinski definition) is 4. The van der Waals surface area contributed by atoms with Crippen LogP contribution < -0.4 is 15.4 Å². The van der Waals surface area contributed by atoms with Crippen LogP contribution in [0.2, 0.25) is 0 Å². The summed E-state index contributed by atoms with van der Waals surface area (Å²) in [6, 6.07) is 12.3. The first kappa shape index (κ1) is 15.2. The number of pyridine rings is 1. The van der Waals surface area contributed by atoms with E-state index in [0.29, 0.717) is 18.2 Å². The quantitative estimate of drug-likeness (QED) is 0.884. The highest BCUT2D eigenvalue weighted by molar-refractivity contribution is 5.54. The maximum Gasteiger partial charge on any atom is 0.239 e. The molecule has 0 amide bonds. The fourth-order valence-electron chi connectivity index (χ4n) is 2.02. The van der Waals surface area contributed by atoms with Crippen molar-refractivity contribution in [2.75, 3.05) is 24.3 Å². The predicted molar refractivity (Wildman–Crippen MR) is 87.7 cm³/mol. The SMILES string of the molecule is CCCOc1nc(N(C)Cc2ccc(C)cc2)ccc1N. The zero-order chi connectivity index (χ0) is 15.2. The van der Waals surface area contributed by atoms with Gasteiger partial charge in [0.05, 0.1) is 12.3 Å². The Morgan fingerprint density at radius 1 is 1.14 bits per heavy atom. The first-order valence-corrected chi connectivity index (χ1v) is 7.26. The number of hydrogen-bond donors (Lipinski definition) is 1. The molecule has 0 radical (unpaired) electrons. The molecule has 4 nitrogen and oxygen atoms in total. The van der Waals surface area contributed by atoms with Crippen molar-refractivity contribution in [1.29, 1.82) is 0 Å². The lowest BCUT2D eigenvalue weighted by molar-refractivity contribution is 0.307. The number of nitrogens with zero attached hydrogens (tertiary/aromatic N) is 2. The second-order valence-corrected chi connectivity index (χ2v) is 5.25. The van der Waals surface area contributed by atoms with Crippen molar-refractivity contribution in [3.63, 3.8) is 0 Å². The van der Waals surface area contributed by atoms with Gasteiger partial charge in [0, 0.05) is 13.6 Å². The monoisotopic (exact) mass is 285 g/mol. The molecule has 0 spiro atoms. The third kappa shape index (κ3) is 4.12. The number of aromatic nitrogens is 1. The third-order valence-corrected chi connectivity index (χ3v) is 3.25. The standard InChI is InChI=1S/C17H23N3O/c1-4-11-21-17-15(18)9-10-16(19-17)20(3)12-14-7-5-13(2)6-8-14/h5-10H,4,11-12,18H2,1-3H3. The van der Waals surface area contributed by atoms with Gasteiger partial charge in [-0.1, -0.05) is 36.8 Å². The van der Waals surface area contributed by atoms with Crippen LogP contribution in [0.3, 0.4) is 0 Å². The topological polar surface area (TPSA) is 51.4 Å². The van der Waals surface area contributed by atoms with Crippen LogP contribution in [-0.2, 0) is 6.54 Å². The number of rotatable bonds is 6. The van der Waals surface area contributed by atoms with E-state index < -0.39 is 0 Å². The zero-order valence-corrected chi connectivity index (χ0v) is 13.0. The van der Waals surface area contributed by atoms with E-state index in [9.17, 15) is 0 Å². The molecule has 0 fully saturated rings. The van der Waals surface area contributed by atoms with Crippen LogP contribution >= 0.6 is 0 Å². The number of aryl methyl sites for hydroxylation is 1. The normalized spacial score (nSPS) is 10.4. The van der Waals surface area contributed by atoms with Gasteiger partial charge in [0.15, 0.2) is 0 Å². The molecule has 0 saturated heterocycles. The smallest absolute Gasteiger partial charge is 0.239 e. The van der Waals surface area contributed by atoms with Gasteiger partial charge in [-0.05, 0) is 31.0 Å². The third-order valence-electron chi connectivity index (χ3n) is 3.25. The molecule has 1 aromatic heterocycles. The average molecular weight is 285 g/mol. The van der Waals surface area contributed by atoms with Crippen molar-refractivity contribution in [3.05, 3.63) is 47.5 Å². The highest BCUT2D eigenvalue weighted by Gasteiger charge is 2.08. The van der Waals surface area contributed by atoms with Crippen LogP contribution in [-0.4, -0.2) is 18.6 Å². The van der Waals surface area contributed by atoms with Crippen molar-refractivity contribution in [2.45, 2.75) is 26.8 Å². The second-order valence-electron chi connectivity index (χ2n) is 5.25. The first-order chi connectivity index (χ1) is 10.1. The van der Waals surface area contributed by atoms with Crippen molar-refractivity contribution >= 4 is 11.5 Å². The van der Waals surface area contributed by atoms with E-state index in [2.05, 4.69) is 48.0 Å². The Kier molecular flexibility index (Phi) is 5.04. The molecule has 4 heteroatoms. The van der Waals surface area contributed by atoms with Crippen molar-refractivity contribution in [1.82, 2.24) is 4.98 Å². The Labute approximate surface area is 126 Å². The van der Waals surface area contributed by atoms with E-state index >= 15 is 0 Å². The zero-order valence-electron chi connectivity index (χ0n) is 13.0. The predicted octanol–water partition coefficient (Wildman–Crippen LogP) is 3.40. The van der Waals surface area contributed by atoms with Gasteiger partial charge in [0.25, 0.3) is 0 Å². The van der Waals surface area contributed by atoms with Gasteiger partial charge in [-0.3, -0.25) is 0 Å². The van der Waals surface area contributed by atoms with Gasteiger partial charge in [0.1, 0.15) is 5.82 Å². The summed E-state index contributed by atoms with van der Waals surface area (Å²) in [5, 5.41) is 0. The van der Waals surface area contributed by atoms with E-state index in [-0.39, 0.29) is 0 Å². The molecule has 0 atom stereocenters. The number of ether oxygens (including phenoxy) is 1. The summed E-state index contributed by atoms with van der Waals surface area (Å²) >= 11 is 0. The molecule has 112 valence electrons. The van der Waals surface area contributed by atoms with Gasteiger partial charge in [0.2, 0.25) is 5.88 Å². The van der Waals surface area contributed by atoms with Gasteiger partial charge >= 0.3 is 0 Å². The summed E-state index contributed by atoms with van der Waals surface area (Å²) in [5.41, 5.74) is 8.99. The summed E-state index contributed by atoms with van der Waals surface area (Å²) in [5.74, 6) is 1.38. The van der Waals surface area contributed by atoms with Gasteiger partial charge in [-0.2, -0.15) is 4.98 Å². The maximum absolute atomic E-state index is 5.89. The number of nitrogens with two attached hydrogens (primary N) is 1. The highest BCUT2D eigenvalue weighted by Crippen LogP contribution is 2.23. The highest BCUT2D eigenvalue weighted by atomic mass is 16.5. The van der Waals surface area contributed by atoms with Gasteiger partial charge in [-0.15, -0.1) is 0 Å². The van der Waals surface area contributed by atoms with Gasteiger partial charge < -0.3 is 15.4 Å². The Morgan fingerprint density at radius 2 is 1.86 bits per heavy atom. The lowest BCUT2D eigenvalue weighted by Crippen LogP contribution is -2.18. The second kappa shape index (κ2) is 6.97. The summed E-state index contributed by atoms with van der Waals surface area (Å²) in [7, 11) is 2.02. The minimum Gasteiger partial charge on any atom is -0.476 e. The molecule has 2 N–H and O–H groups in total. The molecule has 21 heavy (non-hydrogen) atoms. The molecule has 2 rings (SSSR count). The fourth-order valence-corrected chi connectivity index (χ4v) is 2.02. The molecule has 1 heterocycles. The van der Waals surface area contributed by atoms with Gasteiger partial charge in [-0.25, -0.2) is 0 Å². The van der Waals surface area contributed by atoms with Crippen molar-refractivity contribution in [2.24, 2.45) is 0 Å². The summed E-state index contributed by atoms with van der Waals surface area (Å²) in [6.07, 6.45) is 0.935. The van der Waals surface area contributed by atoms with E-state index in [4.69, 9.17) is 10.5 Å². The fraction of sp³-hybridized carbons (Fsp3) is 0.353. The van der Waals surface area contributed by atoms with Crippen LogP contribution in [0, 0.1) is 6.92 Å². The maximum atomic E-state index is 5.89. The lowest BCUT2D eigenvalue weighted by atomic mass is 10.1. The number of nitrogen functional groups attached to an aromatic ring is 1. The van der Waals surface area contributed by atoms with E-state index in [0.717, 1.165) is 18.8 Å². The largest absolute Gasteiger partial charge is 0.476 e. The Hall–Kier alpha value is -2.23. The molecule has 0 unspecified atom stereocenters.